The molecule has 2 saturated heterocycles. The molecule has 3 heterocycles. The van der Waals surface area contributed by atoms with Crippen LogP contribution in [0.15, 0.2) is 42.6 Å². The number of benzene rings is 1. The lowest BCUT2D eigenvalue weighted by Gasteiger charge is -2.37. The molecule has 1 aromatic heterocycles. The molecule has 0 atom stereocenters. The number of pyridine rings is 1. The van der Waals surface area contributed by atoms with E-state index in [1.54, 1.807) is 6.07 Å². The van der Waals surface area contributed by atoms with E-state index in [0.29, 0.717) is 25.3 Å². The number of piperazine rings is 1. The fraction of sp³-hybridized carbons (Fsp3) is 0.478. The molecule has 10 heteroatoms. The number of likely N-dealkylation sites (tertiary alicyclic amines) is 1. The number of aromatic nitrogens is 1. The van der Waals surface area contributed by atoms with Crippen LogP contribution in [0, 0.1) is 10.1 Å². The Morgan fingerprint density at radius 2 is 1.76 bits per heavy atom. The van der Waals surface area contributed by atoms with Gasteiger partial charge < -0.3 is 15.1 Å². The summed E-state index contributed by atoms with van der Waals surface area (Å²) in [4.78, 5) is 33.8. The van der Waals surface area contributed by atoms with Gasteiger partial charge in [-0.1, -0.05) is 11.6 Å². The monoisotopic (exact) mass is 472 g/mol. The Hall–Kier alpha value is -2.91. The highest BCUT2D eigenvalue weighted by Gasteiger charge is 2.24. The zero-order valence-corrected chi connectivity index (χ0v) is 19.3. The van der Waals surface area contributed by atoms with Crippen LogP contribution in [0.25, 0.3) is 0 Å². The Kier molecular flexibility index (Phi) is 7.61. The highest BCUT2D eigenvalue weighted by molar-refractivity contribution is 6.30. The van der Waals surface area contributed by atoms with Gasteiger partial charge in [-0.15, -0.1) is 0 Å². The molecule has 0 aliphatic carbocycles. The van der Waals surface area contributed by atoms with E-state index in [1.165, 1.54) is 18.0 Å². The van der Waals surface area contributed by atoms with Gasteiger partial charge in [0.05, 0.1) is 4.92 Å². The van der Waals surface area contributed by atoms with Crippen LogP contribution in [0.4, 0.5) is 17.2 Å². The predicted molar refractivity (Wildman–Crippen MR) is 129 cm³/mol. The molecule has 176 valence electrons. The zero-order chi connectivity index (χ0) is 23.2. The molecule has 0 radical (unpaired) electrons. The fourth-order valence-corrected chi connectivity index (χ4v) is 4.48. The van der Waals surface area contributed by atoms with Crippen molar-refractivity contribution in [1.82, 2.24) is 14.8 Å². The van der Waals surface area contributed by atoms with Gasteiger partial charge in [0, 0.05) is 75.1 Å². The van der Waals surface area contributed by atoms with Gasteiger partial charge in [-0.2, -0.15) is 0 Å². The number of nitrogens with one attached hydrogen (secondary N) is 1. The third kappa shape index (κ3) is 6.33. The van der Waals surface area contributed by atoms with Crippen LogP contribution >= 0.6 is 11.6 Å². The molecule has 2 aliphatic heterocycles. The van der Waals surface area contributed by atoms with E-state index >= 15 is 0 Å². The molecule has 2 aromatic rings. The molecule has 0 bridgehead atoms. The second kappa shape index (κ2) is 10.8. The van der Waals surface area contributed by atoms with Crippen molar-refractivity contribution in [3.05, 3.63) is 57.7 Å². The summed E-state index contributed by atoms with van der Waals surface area (Å²) < 4.78 is 0. The lowest BCUT2D eigenvalue weighted by Crippen LogP contribution is -2.48. The Bertz CT molecular complexity index is 940. The van der Waals surface area contributed by atoms with Gasteiger partial charge in [-0.25, -0.2) is 4.98 Å². The largest absolute Gasteiger partial charge is 0.369 e. The molecule has 2 fully saturated rings. The Morgan fingerprint density at radius 1 is 1.06 bits per heavy atom. The molecule has 0 unspecified atom stereocenters. The number of halogens is 1. The maximum atomic E-state index is 12.7. The number of carbonyl (C=O) groups is 1. The van der Waals surface area contributed by atoms with Crippen LogP contribution in [-0.4, -0.2) is 77.5 Å². The van der Waals surface area contributed by atoms with Crippen LogP contribution < -0.4 is 10.2 Å². The molecule has 4 rings (SSSR count). The van der Waals surface area contributed by atoms with E-state index < -0.39 is 4.92 Å². The third-order valence-electron chi connectivity index (χ3n) is 6.36. The molecule has 33 heavy (non-hydrogen) atoms. The van der Waals surface area contributed by atoms with Crippen LogP contribution in [0.5, 0.6) is 0 Å². The second-order valence-electron chi connectivity index (χ2n) is 8.51. The average molecular weight is 473 g/mol. The Balaban J connectivity index is 1.15. The minimum atomic E-state index is -0.458. The Morgan fingerprint density at radius 3 is 2.36 bits per heavy atom. The van der Waals surface area contributed by atoms with E-state index in [4.69, 9.17) is 11.6 Å². The maximum Gasteiger partial charge on any atom is 0.287 e. The van der Waals surface area contributed by atoms with Gasteiger partial charge in [-0.3, -0.25) is 19.8 Å². The minimum absolute atomic E-state index is 0.0210. The number of anilines is 2. The summed E-state index contributed by atoms with van der Waals surface area (Å²) in [7, 11) is 0. The number of amides is 1. The van der Waals surface area contributed by atoms with Gasteiger partial charge >= 0.3 is 0 Å². The normalized spacial score (nSPS) is 17.7. The standard InChI is InChI=1S/C23H29ClN6O3/c24-18-1-3-20(4-2-18)28-15-13-27(14-16-28)10-9-23(31)29-11-7-19(8-12-29)26-22-6-5-21(17-25-22)30(32)33/h1-6,17,19H,7-16H2,(H,25,26). The number of piperidine rings is 1. The average Bonchev–Trinajstić information content (AvgIpc) is 2.84. The number of carbonyl (C=O) groups excluding carboxylic acids is 1. The summed E-state index contributed by atoms with van der Waals surface area (Å²) in [6, 6.07) is 11.2. The van der Waals surface area contributed by atoms with Crippen LogP contribution in [0.2, 0.25) is 5.02 Å². The number of hydrogen-bond acceptors (Lipinski definition) is 7. The summed E-state index contributed by atoms with van der Waals surface area (Å²) >= 11 is 5.98. The topological polar surface area (TPSA) is 94.9 Å². The van der Waals surface area contributed by atoms with Gasteiger partial charge in [0.2, 0.25) is 5.91 Å². The first kappa shape index (κ1) is 23.3. The summed E-state index contributed by atoms with van der Waals surface area (Å²) in [5.41, 5.74) is 1.17. The minimum Gasteiger partial charge on any atom is -0.369 e. The van der Waals surface area contributed by atoms with Crippen molar-refractivity contribution in [2.75, 3.05) is 56.0 Å². The highest BCUT2D eigenvalue weighted by atomic mass is 35.5. The number of rotatable bonds is 7. The third-order valence-corrected chi connectivity index (χ3v) is 6.62. The van der Waals surface area contributed by atoms with E-state index in [0.717, 1.165) is 50.6 Å². The van der Waals surface area contributed by atoms with Crippen LogP contribution in [-0.2, 0) is 4.79 Å². The van der Waals surface area contributed by atoms with Crippen molar-refractivity contribution >= 4 is 34.7 Å². The lowest BCUT2D eigenvalue weighted by atomic mass is 10.0. The summed E-state index contributed by atoms with van der Waals surface area (Å²) in [6.07, 6.45) is 3.48. The molecule has 2 aliphatic rings. The molecule has 1 aromatic carbocycles. The van der Waals surface area contributed by atoms with Crippen molar-refractivity contribution in [2.45, 2.75) is 25.3 Å². The first-order valence-corrected chi connectivity index (χ1v) is 11.7. The molecule has 0 spiro atoms. The highest BCUT2D eigenvalue weighted by Crippen LogP contribution is 2.20. The van der Waals surface area contributed by atoms with Crippen LogP contribution in [0.3, 0.4) is 0 Å². The summed E-state index contributed by atoms with van der Waals surface area (Å²) in [6.45, 7) is 6.02. The van der Waals surface area contributed by atoms with Gasteiger partial charge in [0.25, 0.3) is 5.69 Å². The van der Waals surface area contributed by atoms with Gasteiger partial charge in [-0.05, 0) is 43.2 Å². The second-order valence-corrected chi connectivity index (χ2v) is 8.95. The Labute approximate surface area is 198 Å². The number of nitrogens with zero attached hydrogens (tertiary/aromatic N) is 5. The van der Waals surface area contributed by atoms with E-state index in [-0.39, 0.29) is 17.6 Å². The number of hydrogen-bond donors (Lipinski definition) is 1. The lowest BCUT2D eigenvalue weighted by molar-refractivity contribution is -0.385. The summed E-state index contributed by atoms with van der Waals surface area (Å²) in [5, 5.41) is 14.8. The first-order valence-electron chi connectivity index (χ1n) is 11.4. The smallest absolute Gasteiger partial charge is 0.287 e. The van der Waals surface area contributed by atoms with Crippen molar-refractivity contribution in [2.24, 2.45) is 0 Å². The van der Waals surface area contributed by atoms with Crippen LogP contribution in [0.1, 0.15) is 19.3 Å². The fourth-order valence-electron chi connectivity index (χ4n) is 4.36. The zero-order valence-electron chi connectivity index (χ0n) is 18.5. The van der Waals surface area contributed by atoms with Crippen molar-refractivity contribution < 1.29 is 9.72 Å². The van der Waals surface area contributed by atoms with Crippen molar-refractivity contribution in [3.8, 4) is 0 Å². The quantitative estimate of drug-likeness (QED) is 0.488. The van der Waals surface area contributed by atoms with Crippen molar-refractivity contribution in [3.63, 3.8) is 0 Å². The van der Waals surface area contributed by atoms with E-state index in [9.17, 15) is 14.9 Å². The molecule has 1 N–H and O–H groups in total. The SMILES string of the molecule is O=C(CCN1CCN(c2ccc(Cl)cc2)CC1)N1CCC(Nc2ccc([N+](=O)[O-])cn2)CC1. The first-order chi connectivity index (χ1) is 16.0. The molecular weight excluding hydrogens is 444 g/mol. The molecular formula is C23H29ClN6O3. The predicted octanol–water partition coefficient (Wildman–Crippen LogP) is 3.26. The molecule has 9 nitrogen and oxygen atoms in total. The summed E-state index contributed by atoms with van der Waals surface area (Å²) in [5.74, 6) is 0.838. The van der Waals surface area contributed by atoms with Crippen molar-refractivity contribution in [1.29, 1.82) is 0 Å². The van der Waals surface area contributed by atoms with Gasteiger partial charge in [0.1, 0.15) is 12.0 Å². The maximum absolute atomic E-state index is 12.7. The van der Waals surface area contributed by atoms with E-state index in [1.807, 2.05) is 17.0 Å². The molecule has 1 amide bonds. The van der Waals surface area contributed by atoms with Gasteiger partial charge in [0.15, 0.2) is 0 Å². The molecule has 0 saturated carbocycles. The number of nitro groups is 1. The van der Waals surface area contributed by atoms with E-state index in [2.05, 4.69) is 32.2 Å².